The Morgan fingerprint density at radius 2 is 1.69 bits per heavy atom. The van der Waals surface area contributed by atoms with Crippen molar-refractivity contribution in [3.63, 3.8) is 0 Å². The number of hydrogen-bond donors (Lipinski definition) is 2. The lowest BCUT2D eigenvalue weighted by atomic mass is 9.96. The number of hydroxylamine groups is 3. The number of carbonyl (C=O) groups excluding carboxylic acids is 2. The Bertz CT molecular complexity index is 857. The van der Waals surface area contributed by atoms with Crippen molar-refractivity contribution in [2.45, 2.75) is 39.0 Å². The maximum atomic E-state index is 13.1. The fourth-order valence-electron chi connectivity index (χ4n) is 3.57. The van der Waals surface area contributed by atoms with Gasteiger partial charge in [0.1, 0.15) is 6.17 Å². The molecule has 0 aromatic heterocycles. The van der Waals surface area contributed by atoms with E-state index in [9.17, 15) is 9.59 Å². The average molecular weight is 420 g/mol. The Kier molecular flexibility index (Phi) is 7.75. The number of fused-ring (bicyclic) bond motifs is 1. The van der Waals surface area contributed by atoms with E-state index in [1.807, 2.05) is 12.1 Å². The number of benzene rings is 2. The molecule has 0 radical (unpaired) electrons. The van der Waals surface area contributed by atoms with Gasteiger partial charge in [0.2, 0.25) is 0 Å². The van der Waals surface area contributed by atoms with Crippen LogP contribution in [0.25, 0.3) is 0 Å². The largest absolute Gasteiger partial charge is 0.288 e. The topological polar surface area (TPSA) is 82.1 Å². The Labute approximate surface area is 176 Å². The van der Waals surface area contributed by atoms with E-state index in [4.69, 9.17) is 10.0 Å². The molecule has 1 atom stereocenters. The van der Waals surface area contributed by atoms with E-state index in [-0.39, 0.29) is 36.1 Å². The van der Waals surface area contributed by atoms with E-state index in [0.29, 0.717) is 12.0 Å². The van der Waals surface area contributed by atoms with Gasteiger partial charge in [0, 0.05) is 30.1 Å². The summed E-state index contributed by atoms with van der Waals surface area (Å²) in [5, 5.41) is 10.1. The van der Waals surface area contributed by atoms with Crippen molar-refractivity contribution < 1.29 is 19.6 Å². The molecule has 1 unspecified atom stereocenters. The molecule has 0 spiro atoms. The van der Waals surface area contributed by atoms with Gasteiger partial charge >= 0.3 is 0 Å². The van der Waals surface area contributed by atoms with Crippen LogP contribution in [0.1, 0.15) is 45.7 Å². The van der Waals surface area contributed by atoms with Gasteiger partial charge in [0.15, 0.2) is 0 Å². The van der Waals surface area contributed by atoms with Crippen molar-refractivity contribution in [1.29, 1.82) is 0 Å². The third kappa shape index (κ3) is 4.76. The summed E-state index contributed by atoms with van der Waals surface area (Å²) in [4.78, 5) is 32.4. The molecule has 1 aliphatic rings. The van der Waals surface area contributed by atoms with Crippen molar-refractivity contribution in [3.8, 4) is 0 Å². The second-order valence-electron chi connectivity index (χ2n) is 7.05. The number of nitrogens with zero attached hydrogens (tertiary/aromatic N) is 2. The molecule has 0 aliphatic carbocycles. The molecule has 156 valence electrons. The second-order valence-corrected chi connectivity index (χ2v) is 7.05. The highest BCUT2D eigenvalue weighted by molar-refractivity contribution is 5.97. The first kappa shape index (κ1) is 22.8. The van der Waals surface area contributed by atoms with Crippen LogP contribution in [0.15, 0.2) is 48.5 Å². The number of rotatable bonds is 5. The lowest BCUT2D eigenvalue weighted by Gasteiger charge is -2.43. The third-order valence-corrected chi connectivity index (χ3v) is 5.08. The van der Waals surface area contributed by atoms with Crippen LogP contribution in [0.2, 0.25) is 0 Å². The predicted octanol–water partition coefficient (Wildman–Crippen LogP) is 3.02. The first-order chi connectivity index (χ1) is 13.5. The van der Waals surface area contributed by atoms with Gasteiger partial charge < -0.3 is 0 Å². The average Bonchev–Trinajstić information content (AvgIpc) is 2.73. The SMILES string of the molecule is CON(C(=O)c1ccc(C(=O)NO)cc1)C1Cc2ccccc2CN1C(C)C.Cl. The molecule has 0 saturated carbocycles. The van der Waals surface area contributed by atoms with Gasteiger partial charge in [0.25, 0.3) is 11.8 Å². The molecule has 0 fully saturated rings. The van der Waals surface area contributed by atoms with Crippen LogP contribution in [0.4, 0.5) is 0 Å². The molecule has 2 aromatic rings. The molecule has 8 heteroatoms. The van der Waals surface area contributed by atoms with E-state index in [1.54, 1.807) is 17.6 Å². The zero-order valence-corrected chi connectivity index (χ0v) is 17.5. The Morgan fingerprint density at radius 3 is 2.24 bits per heavy atom. The number of amides is 2. The maximum Gasteiger partial charge on any atom is 0.278 e. The zero-order chi connectivity index (χ0) is 20.3. The predicted molar refractivity (Wildman–Crippen MR) is 111 cm³/mol. The van der Waals surface area contributed by atoms with Crippen LogP contribution in [0.5, 0.6) is 0 Å². The summed E-state index contributed by atoms with van der Waals surface area (Å²) < 4.78 is 0. The van der Waals surface area contributed by atoms with Crippen molar-refractivity contribution in [2.75, 3.05) is 7.11 Å². The van der Waals surface area contributed by atoms with Gasteiger partial charge in [-0.3, -0.25) is 24.5 Å². The summed E-state index contributed by atoms with van der Waals surface area (Å²) in [6.45, 7) is 4.93. The van der Waals surface area contributed by atoms with Gasteiger partial charge in [-0.05, 0) is 49.2 Å². The molecule has 2 amide bonds. The normalized spacial score (nSPS) is 16.0. The van der Waals surface area contributed by atoms with Crippen LogP contribution in [-0.4, -0.2) is 46.3 Å². The monoisotopic (exact) mass is 419 g/mol. The van der Waals surface area contributed by atoms with Crippen LogP contribution < -0.4 is 5.48 Å². The van der Waals surface area contributed by atoms with E-state index < -0.39 is 5.91 Å². The first-order valence-corrected chi connectivity index (χ1v) is 9.21. The minimum absolute atomic E-state index is 0. The summed E-state index contributed by atoms with van der Waals surface area (Å²) in [6, 6.07) is 14.5. The van der Waals surface area contributed by atoms with Crippen molar-refractivity contribution in [2.24, 2.45) is 0 Å². The number of halogens is 1. The molecule has 2 aromatic carbocycles. The lowest BCUT2D eigenvalue weighted by Crippen LogP contribution is -2.55. The Hall–Kier alpha value is -2.45. The van der Waals surface area contributed by atoms with Crippen molar-refractivity contribution >= 4 is 24.2 Å². The van der Waals surface area contributed by atoms with Gasteiger partial charge in [0.05, 0.1) is 7.11 Å². The molecule has 1 aliphatic heterocycles. The minimum atomic E-state index is -0.627. The van der Waals surface area contributed by atoms with E-state index in [0.717, 1.165) is 6.54 Å². The molecule has 3 rings (SSSR count). The zero-order valence-electron chi connectivity index (χ0n) is 16.7. The van der Waals surface area contributed by atoms with Gasteiger partial charge in [-0.15, -0.1) is 12.4 Å². The van der Waals surface area contributed by atoms with Gasteiger partial charge in [-0.25, -0.2) is 5.48 Å². The van der Waals surface area contributed by atoms with Crippen LogP contribution in [0, 0.1) is 0 Å². The fourth-order valence-corrected chi connectivity index (χ4v) is 3.57. The number of hydrogen-bond acceptors (Lipinski definition) is 5. The summed E-state index contributed by atoms with van der Waals surface area (Å²) in [5.74, 6) is -0.911. The van der Waals surface area contributed by atoms with E-state index in [1.165, 1.54) is 35.4 Å². The highest BCUT2D eigenvalue weighted by Crippen LogP contribution is 2.28. The smallest absolute Gasteiger partial charge is 0.278 e. The van der Waals surface area contributed by atoms with E-state index >= 15 is 0 Å². The standard InChI is InChI=1S/C21H25N3O4.ClH/c1-14(2)23-13-18-7-5-4-6-17(18)12-19(23)24(28-3)21(26)16-10-8-15(9-11-16)20(25)22-27;/h4-11,14,19,27H,12-13H2,1-3H3,(H,22,25);1H. The fraction of sp³-hybridized carbons (Fsp3) is 0.333. The van der Waals surface area contributed by atoms with Crippen LogP contribution in [-0.2, 0) is 17.8 Å². The lowest BCUT2D eigenvalue weighted by molar-refractivity contribution is -0.171. The Morgan fingerprint density at radius 1 is 1.10 bits per heavy atom. The third-order valence-electron chi connectivity index (χ3n) is 5.08. The molecule has 2 N–H and O–H groups in total. The molecule has 7 nitrogen and oxygen atoms in total. The highest BCUT2D eigenvalue weighted by atomic mass is 35.5. The molecule has 29 heavy (non-hydrogen) atoms. The highest BCUT2D eigenvalue weighted by Gasteiger charge is 2.35. The van der Waals surface area contributed by atoms with E-state index in [2.05, 4.69) is 30.9 Å². The number of carbonyl (C=O) groups is 2. The summed E-state index contributed by atoms with van der Waals surface area (Å²) in [5.41, 5.74) is 4.70. The molecule has 0 bridgehead atoms. The van der Waals surface area contributed by atoms with Gasteiger partial charge in [-0.1, -0.05) is 24.3 Å². The summed E-state index contributed by atoms with van der Waals surface area (Å²) in [7, 11) is 1.49. The minimum Gasteiger partial charge on any atom is -0.288 e. The summed E-state index contributed by atoms with van der Waals surface area (Å²) >= 11 is 0. The van der Waals surface area contributed by atoms with Gasteiger partial charge in [-0.2, -0.15) is 5.06 Å². The second kappa shape index (κ2) is 9.84. The molecular weight excluding hydrogens is 394 g/mol. The molecule has 1 heterocycles. The van der Waals surface area contributed by atoms with Crippen LogP contribution >= 0.6 is 12.4 Å². The molecule has 0 saturated heterocycles. The quantitative estimate of drug-likeness (QED) is 0.575. The maximum absolute atomic E-state index is 13.1. The first-order valence-electron chi connectivity index (χ1n) is 9.21. The van der Waals surface area contributed by atoms with Crippen molar-refractivity contribution in [1.82, 2.24) is 15.4 Å². The van der Waals surface area contributed by atoms with Crippen molar-refractivity contribution in [3.05, 3.63) is 70.8 Å². The number of nitrogens with one attached hydrogen (secondary N) is 1. The molecular formula is C21H26ClN3O4. The summed E-state index contributed by atoms with van der Waals surface area (Å²) in [6.07, 6.45) is 0.423. The van der Waals surface area contributed by atoms with Crippen LogP contribution in [0.3, 0.4) is 0 Å². The Balaban J connectivity index is 0.00000300.